The summed E-state index contributed by atoms with van der Waals surface area (Å²) < 4.78 is 24.9. The third-order valence-corrected chi connectivity index (χ3v) is 6.33. The summed E-state index contributed by atoms with van der Waals surface area (Å²) in [5.74, 6) is -1.17. The van der Waals surface area contributed by atoms with E-state index in [0.717, 1.165) is 16.1 Å². The molecule has 1 amide bonds. The van der Waals surface area contributed by atoms with Crippen LogP contribution in [0.1, 0.15) is 11.3 Å². The summed E-state index contributed by atoms with van der Waals surface area (Å²) in [6.07, 6.45) is 0. The molecule has 1 heterocycles. The summed E-state index contributed by atoms with van der Waals surface area (Å²) in [4.78, 5) is 18.1. The maximum absolute atomic E-state index is 12.4. The second-order valence-corrected chi connectivity index (χ2v) is 9.20. The molecule has 0 saturated heterocycles. The second kappa shape index (κ2) is 8.45. The Hall–Kier alpha value is -2.51. The van der Waals surface area contributed by atoms with E-state index in [1.807, 2.05) is 60.7 Å². The SMILES string of the molecule is CN(Cc1ccccc1)C(=O)CS(=O)(=O)Cc1csc(-c2ccccc2)n1. The van der Waals surface area contributed by atoms with Crippen LogP contribution in [0.2, 0.25) is 0 Å². The number of hydrogen-bond acceptors (Lipinski definition) is 5. The molecule has 0 spiro atoms. The fraction of sp³-hybridized carbons (Fsp3) is 0.200. The molecule has 0 aliphatic carbocycles. The van der Waals surface area contributed by atoms with Crippen LogP contribution in [-0.4, -0.2) is 37.0 Å². The molecule has 0 fully saturated rings. The van der Waals surface area contributed by atoms with Crippen LogP contribution in [0.5, 0.6) is 0 Å². The summed E-state index contributed by atoms with van der Waals surface area (Å²) in [5, 5.41) is 2.51. The molecule has 3 aromatic rings. The van der Waals surface area contributed by atoms with Gasteiger partial charge in [0.15, 0.2) is 9.84 Å². The Kier molecular flexibility index (Phi) is 6.03. The van der Waals surface area contributed by atoms with E-state index in [1.54, 1.807) is 12.4 Å². The van der Waals surface area contributed by atoms with Gasteiger partial charge in [0.05, 0.1) is 11.4 Å². The lowest BCUT2D eigenvalue weighted by Crippen LogP contribution is -2.32. The fourth-order valence-electron chi connectivity index (χ4n) is 2.61. The van der Waals surface area contributed by atoms with Crippen LogP contribution in [0.4, 0.5) is 0 Å². The number of carbonyl (C=O) groups excluding carboxylic acids is 1. The molecular formula is C20H20N2O3S2. The van der Waals surface area contributed by atoms with Crippen molar-refractivity contribution in [1.29, 1.82) is 0 Å². The molecule has 0 unspecified atom stereocenters. The Morgan fingerprint density at radius 3 is 2.33 bits per heavy atom. The molecule has 1 aromatic heterocycles. The quantitative estimate of drug-likeness (QED) is 0.610. The molecule has 0 saturated carbocycles. The van der Waals surface area contributed by atoms with E-state index < -0.39 is 21.5 Å². The van der Waals surface area contributed by atoms with E-state index in [0.29, 0.717) is 12.2 Å². The van der Waals surface area contributed by atoms with Crippen LogP contribution in [-0.2, 0) is 26.9 Å². The zero-order valence-electron chi connectivity index (χ0n) is 14.9. The minimum atomic E-state index is -3.59. The summed E-state index contributed by atoms with van der Waals surface area (Å²) >= 11 is 1.40. The zero-order valence-corrected chi connectivity index (χ0v) is 16.5. The van der Waals surface area contributed by atoms with Crippen molar-refractivity contribution in [2.24, 2.45) is 0 Å². The number of carbonyl (C=O) groups is 1. The highest BCUT2D eigenvalue weighted by Crippen LogP contribution is 2.24. The first-order chi connectivity index (χ1) is 12.9. The minimum Gasteiger partial charge on any atom is -0.341 e. The van der Waals surface area contributed by atoms with Crippen molar-refractivity contribution in [3.05, 3.63) is 77.3 Å². The van der Waals surface area contributed by atoms with Gasteiger partial charge in [0.1, 0.15) is 10.8 Å². The van der Waals surface area contributed by atoms with Crippen LogP contribution < -0.4 is 0 Å². The first-order valence-electron chi connectivity index (χ1n) is 8.41. The first-order valence-corrected chi connectivity index (χ1v) is 11.1. The van der Waals surface area contributed by atoms with Crippen molar-refractivity contribution < 1.29 is 13.2 Å². The van der Waals surface area contributed by atoms with Gasteiger partial charge >= 0.3 is 0 Å². The molecule has 0 aliphatic heterocycles. The van der Waals surface area contributed by atoms with Crippen molar-refractivity contribution >= 4 is 27.1 Å². The molecule has 140 valence electrons. The molecule has 27 heavy (non-hydrogen) atoms. The Bertz CT molecular complexity index is 1000. The average molecular weight is 401 g/mol. The summed E-state index contributed by atoms with van der Waals surface area (Å²) in [5.41, 5.74) is 2.37. The van der Waals surface area contributed by atoms with Crippen LogP contribution in [0, 0.1) is 0 Å². The molecule has 0 N–H and O–H groups in total. The van der Waals surface area contributed by atoms with Crippen LogP contribution in [0.15, 0.2) is 66.0 Å². The topological polar surface area (TPSA) is 67.3 Å². The third kappa shape index (κ3) is 5.48. The van der Waals surface area contributed by atoms with E-state index in [-0.39, 0.29) is 5.75 Å². The van der Waals surface area contributed by atoms with Crippen molar-refractivity contribution in [3.8, 4) is 10.6 Å². The summed E-state index contributed by atoms with van der Waals surface area (Å²) in [6, 6.07) is 19.1. The normalized spacial score (nSPS) is 11.3. The van der Waals surface area contributed by atoms with Crippen LogP contribution >= 0.6 is 11.3 Å². The number of amides is 1. The Morgan fingerprint density at radius 1 is 1.04 bits per heavy atom. The molecule has 2 aromatic carbocycles. The van der Waals surface area contributed by atoms with Gasteiger partial charge in [0, 0.05) is 24.5 Å². The highest BCUT2D eigenvalue weighted by molar-refractivity contribution is 7.91. The maximum Gasteiger partial charge on any atom is 0.237 e. The van der Waals surface area contributed by atoms with E-state index in [4.69, 9.17) is 0 Å². The van der Waals surface area contributed by atoms with Crippen molar-refractivity contribution in [1.82, 2.24) is 9.88 Å². The van der Waals surface area contributed by atoms with Gasteiger partial charge in [-0.3, -0.25) is 4.79 Å². The van der Waals surface area contributed by atoms with E-state index in [9.17, 15) is 13.2 Å². The molecule has 0 aliphatic rings. The van der Waals surface area contributed by atoms with Crippen molar-refractivity contribution in [3.63, 3.8) is 0 Å². The molecule has 3 rings (SSSR count). The number of nitrogens with zero attached hydrogens (tertiary/aromatic N) is 2. The highest BCUT2D eigenvalue weighted by atomic mass is 32.2. The minimum absolute atomic E-state index is 0.235. The van der Waals surface area contributed by atoms with Gasteiger partial charge in [-0.05, 0) is 5.56 Å². The smallest absolute Gasteiger partial charge is 0.237 e. The lowest BCUT2D eigenvalue weighted by molar-refractivity contribution is -0.127. The largest absolute Gasteiger partial charge is 0.341 e. The molecular weight excluding hydrogens is 380 g/mol. The first kappa shape index (κ1) is 19.3. The van der Waals surface area contributed by atoms with Gasteiger partial charge in [0.25, 0.3) is 0 Å². The monoisotopic (exact) mass is 400 g/mol. The molecule has 0 atom stereocenters. The highest BCUT2D eigenvalue weighted by Gasteiger charge is 2.21. The van der Waals surface area contributed by atoms with Crippen molar-refractivity contribution in [2.75, 3.05) is 12.8 Å². The second-order valence-electron chi connectivity index (χ2n) is 6.28. The number of thiazole rings is 1. The fourth-order valence-corrected chi connectivity index (χ4v) is 4.84. The molecule has 0 radical (unpaired) electrons. The zero-order chi connectivity index (χ0) is 19.3. The van der Waals surface area contributed by atoms with Gasteiger partial charge in [-0.15, -0.1) is 11.3 Å². The van der Waals surface area contributed by atoms with E-state index >= 15 is 0 Å². The molecule has 5 nitrogen and oxygen atoms in total. The number of benzene rings is 2. The summed E-state index contributed by atoms with van der Waals surface area (Å²) in [7, 11) is -1.97. The summed E-state index contributed by atoms with van der Waals surface area (Å²) in [6.45, 7) is 0.379. The van der Waals surface area contributed by atoms with Gasteiger partial charge in [-0.2, -0.15) is 0 Å². The Balaban J connectivity index is 1.61. The van der Waals surface area contributed by atoms with Gasteiger partial charge in [-0.25, -0.2) is 13.4 Å². The number of hydrogen-bond donors (Lipinski definition) is 0. The lowest BCUT2D eigenvalue weighted by atomic mass is 10.2. The van der Waals surface area contributed by atoms with E-state index in [2.05, 4.69) is 4.98 Å². The third-order valence-electron chi connectivity index (χ3n) is 3.97. The number of aromatic nitrogens is 1. The lowest BCUT2D eigenvalue weighted by Gasteiger charge is -2.17. The predicted octanol–water partition coefficient (Wildman–Crippen LogP) is 3.38. The van der Waals surface area contributed by atoms with E-state index in [1.165, 1.54) is 16.2 Å². The standard InChI is InChI=1S/C20H20N2O3S2/c1-22(12-16-8-4-2-5-9-16)19(23)15-27(24,25)14-18-13-26-20(21-18)17-10-6-3-7-11-17/h2-11,13H,12,14-15H2,1H3. The average Bonchev–Trinajstić information content (AvgIpc) is 3.10. The molecule has 7 heteroatoms. The predicted molar refractivity (Wildman–Crippen MR) is 108 cm³/mol. The molecule has 0 bridgehead atoms. The Labute approximate surface area is 163 Å². The number of sulfone groups is 1. The van der Waals surface area contributed by atoms with Gasteiger partial charge in [0.2, 0.25) is 5.91 Å². The Morgan fingerprint density at radius 2 is 1.67 bits per heavy atom. The number of rotatable bonds is 7. The van der Waals surface area contributed by atoms with Crippen LogP contribution in [0.25, 0.3) is 10.6 Å². The van der Waals surface area contributed by atoms with Gasteiger partial charge < -0.3 is 4.90 Å². The van der Waals surface area contributed by atoms with Crippen LogP contribution in [0.3, 0.4) is 0 Å². The van der Waals surface area contributed by atoms with Crippen molar-refractivity contribution in [2.45, 2.75) is 12.3 Å². The van der Waals surface area contributed by atoms with Gasteiger partial charge in [-0.1, -0.05) is 60.7 Å². The maximum atomic E-state index is 12.4.